The van der Waals surface area contributed by atoms with Crippen LogP contribution >= 0.6 is 0 Å². The van der Waals surface area contributed by atoms with Gasteiger partial charge >= 0.3 is 6.18 Å². The Morgan fingerprint density at radius 2 is 1.56 bits per heavy atom. The van der Waals surface area contributed by atoms with Crippen molar-refractivity contribution in [1.29, 1.82) is 0 Å². The van der Waals surface area contributed by atoms with Crippen molar-refractivity contribution in [3.8, 4) is 11.1 Å². The molecule has 2 aromatic carbocycles. The molecular formula is C21H20F3N. The summed E-state index contributed by atoms with van der Waals surface area (Å²) >= 11 is 0. The summed E-state index contributed by atoms with van der Waals surface area (Å²) in [5.74, 6) is 0. The molecule has 0 N–H and O–H groups in total. The van der Waals surface area contributed by atoms with Crippen LogP contribution < -0.4 is 0 Å². The SMILES string of the molecule is Cc1cc(C)c(-c2cccc3c(CC(F)(F)F)cc(C)nc23)c(C)c1. The standard InChI is InChI=1S/C21H20F3N/c1-12-8-13(2)19(14(3)9-12)18-7-5-6-17-16(11-21(22,23)24)10-15(4)25-20(17)18/h5-10H,11H2,1-4H3. The molecule has 0 spiro atoms. The zero-order valence-electron chi connectivity index (χ0n) is 14.8. The summed E-state index contributed by atoms with van der Waals surface area (Å²) in [7, 11) is 0. The number of para-hydroxylation sites is 1. The quantitative estimate of drug-likeness (QED) is 0.537. The van der Waals surface area contributed by atoms with Crippen LogP contribution in [-0.2, 0) is 6.42 Å². The normalized spacial score (nSPS) is 12.0. The van der Waals surface area contributed by atoms with E-state index in [0.717, 1.165) is 22.3 Å². The molecule has 4 heteroatoms. The summed E-state index contributed by atoms with van der Waals surface area (Å²) in [6, 6.07) is 11.2. The predicted octanol–water partition coefficient (Wildman–Crippen LogP) is 6.24. The Balaban J connectivity index is 2.32. The molecule has 0 saturated carbocycles. The minimum Gasteiger partial charge on any atom is -0.252 e. The highest BCUT2D eigenvalue weighted by atomic mass is 19.4. The van der Waals surface area contributed by atoms with E-state index < -0.39 is 12.6 Å². The first-order valence-corrected chi connectivity index (χ1v) is 8.20. The first kappa shape index (κ1) is 17.5. The lowest BCUT2D eigenvalue weighted by Gasteiger charge is -2.16. The van der Waals surface area contributed by atoms with Crippen molar-refractivity contribution in [2.75, 3.05) is 0 Å². The highest BCUT2D eigenvalue weighted by molar-refractivity contribution is 5.97. The summed E-state index contributed by atoms with van der Waals surface area (Å²) in [6.07, 6.45) is -5.19. The lowest BCUT2D eigenvalue weighted by molar-refractivity contribution is -0.127. The molecule has 1 aromatic heterocycles. The Hall–Kier alpha value is -2.36. The highest BCUT2D eigenvalue weighted by Crippen LogP contribution is 2.35. The molecule has 130 valence electrons. The highest BCUT2D eigenvalue weighted by Gasteiger charge is 2.29. The maximum atomic E-state index is 13.0. The monoisotopic (exact) mass is 343 g/mol. The Labute approximate surface area is 145 Å². The van der Waals surface area contributed by atoms with Gasteiger partial charge in [0.1, 0.15) is 0 Å². The molecule has 3 aromatic rings. The first-order chi connectivity index (χ1) is 11.7. The van der Waals surface area contributed by atoms with Crippen molar-refractivity contribution in [3.63, 3.8) is 0 Å². The maximum absolute atomic E-state index is 13.0. The number of hydrogen-bond acceptors (Lipinski definition) is 1. The van der Waals surface area contributed by atoms with Crippen LogP contribution in [0.4, 0.5) is 13.2 Å². The fraction of sp³-hybridized carbons (Fsp3) is 0.286. The van der Waals surface area contributed by atoms with Gasteiger partial charge in [0.15, 0.2) is 0 Å². The lowest BCUT2D eigenvalue weighted by atomic mass is 9.91. The summed E-state index contributed by atoms with van der Waals surface area (Å²) in [4.78, 5) is 4.58. The van der Waals surface area contributed by atoms with E-state index in [4.69, 9.17) is 0 Å². The molecule has 0 atom stereocenters. The minimum absolute atomic E-state index is 0.277. The third-order valence-electron chi connectivity index (χ3n) is 4.39. The Bertz CT molecular complexity index is 932. The zero-order valence-corrected chi connectivity index (χ0v) is 14.8. The zero-order chi connectivity index (χ0) is 18.4. The van der Waals surface area contributed by atoms with Crippen molar-refractivity contribution in [3.05, 3.63) is 64.3 Å². The van der Waals surface area contributed by atoms with Gasteiger partial charge in [0.05, 0.1) is 11.9 Å². The number of alkyl halides is 3. The Morgan fingerprint density at radius 3 is 2.16 bits per heavy atom. The minimum atomic E-state index is -4.24. The van der Waals surface area contributed by atoms with Gasteiger partial charge < -0.3 is 0 Å². The molecule has 0 aliphatic carbocycles. The van der Waals surface area contributed by atoms with Crippen LogP contribution in [0.2, 0.25) is 0 Å². The van der Waals surface area contributed by atoms with Gasteiger partial charge in [0.2, 0.25) is 0 Å². The topological polar surface area (TPSA) is 12.9 Å². The molecule has 0 fully saturated rings. The summed E-state index contributed by atoms with van der Waals surface area (Å²) in [5.41, 5.74) is 6.82. The molecule has 0 bridgehead atoms. The number of hydrogen-bond donors (Lipinski definition) is 0. The van der Waals surface area contributed by atoms with Crippen LogP contribution in [0.1, 0.15) is 27.9 Å². The van der Waals surface area contributed by atoms with E-state index in [9.17, 15) is 13.2 Å². The van der Waals surface area contributed by atoms with Gasteiger partial charge in [-0.2, -0.15) is 13.2 Å². The second-order valence-corrected chi connectivity index (χ2v) is 6.69. The van der Waals surface area contributed by atoms with Crippen LogP contribution in [-0.4, -0.2) is 11.2 Å². The van der Waals surface area contributed by atoms with Crippen molar-refractivity contribution in [2.45, 2.75) is 40.3 Å². The number of fused-ring (bicyclic) bond motifs is 1. The van der Waals surface area contributed by atoms with Gasteiger partial charge in [0, 0.05) is 16.6 Å². The van der Waals surface area contributed by atoms with Gasteiger partial charge in [-0.1, -0.05) is 35.9 Å². The van der Waals surface area contributed by atoms with Crippen LogP contribution in [0.25, 0.3) is 22.0 Å². The van der Waals surface area contributed by atoms with Crippen LogP contribution in [0.5, 0.6) is 0 Å². The van der Waals surface area contributed by atoms with E-state index in [0.29, 0.717) is 16.6 Å². The largest absolute Gasteiger partial charge is 0.393 e. The third kappa shape index (κ3) is 3.53. The van der Waals surface area contributed by atoms with E-state index in [2.05, 4.69) is 17.1 Å². The maximum Gasteiger partial charge on any atom is 0.393 e. The molecular weight excluding hydrogens is 323 g/mol. The van der Waals surface area contributed by atoms with E-state index in [1.54, 1.807) is 13.0 Å². The van der Waals surface area contributed by atoms with Crippen LogP contribution in [0.15, 0.2) is 36.4 Å². The molecule has 0 unspecified atom stereocenters. The van der Waals surface area contributed by atoms with Crippen LogP contribution in [0.3, 0.4) is 0 Å². The van der Waals surface area contributed by atoms with Crippen LogP contribution in [0, 0.1) is 27.7 Å². The molecule has 0 aliphatic heterocycles. The molecule has 1 nitrogen and oxygen atoms in total. The number of rotatable bonds is 2. The van der Waals surface area contributed by atoms with Gasteiger partial charge in [-0.05, 0) is 56.0 Å². The fourth-order valence-corrected chi connectivity index (χ4v) is 3.63. The van der Waals surface area contributed by atoms with Crippen molar-refractivity contribution >= 4 is 10.9 Å². The van der Waals surface area contributed by atoms with E-state index >= 15 is 0 Å². The van der Waals surface area contributed by atoms with E-state index in [1.807, 2.05) is 32.9 Å². The molecule has 0 radical (unpaired) electrons. The second-order valence-electron chi connectivity index (χ2n) is 6.69. The number of benzene rings is 2. The molecule has 3 rings (SSSR count). The number of aromatic nitrogens is 1. The van der Waals surface area contributed by atoms with Gasteiger partial charge in [-0.3, -0.25) is 4.98 Å². The van der Waals surface area contributed by atoms with E-state index in [1.165, 1.54) is 11.6 Å². The van der Waals surface area contributed by atoms with Gasteiger partial charge in [0.25, 0.3) is 0 Å². The molecule has 0 aliphatic rings. The van der Waals surface area contributed by atoms with Crippen molar-refractivity contribution in [2.24, 2.45) is 0 Å². The number of pyridine rings is 1. The smallest absolute Gasteiger partial charge is 0.252 e. The average molecular weight is 343 g/mol. The summed E-state index contributed by atoms with van der Waals surface area (Å²) in [6.45, 7) is 7.84. The van der Waals surface area contributed by atoms with Crippen molar-refractivity contribution < 1.29 is 13.2 Å². The molecule has 0 amide bonds. The number of nitrogens with zero attached hydrogens (tertiary/aromatic N) is 1. The Kier molecular flexibility index (Phi) is 4.31. The van der Waals surface area contributed by atoms with Gasteiger partial charge in [-0.25, -0.2) is 0 Å². The Morgan fingerprint density at radius 1 is 0.920 bits per heavy atom. The number of halogens is 3. The fourth-order valence-electron chi connectivity index (χ4n) is 3.63. The number of aryl methyl sites for hydroxylation is 4. The molecule has 0 saturated heterocycles. The molecule has 25 heavy (non-hydrogen) atoms. The third-order valence-corrected chi connectivity index (χ3v) is 4.39. The summed E-state index contributed by atoms with van der Waals surface area (Å²) < 4.78 is 38.9. The lowest BCUT2D eigenvalue weighted by Crippen LogP contribution is -2.12. The summed E-state index contributed by atoms with van der Waals surface area (Å²) in [5, 5.41) is 0.569. The van der Waals surface area contributed by atoms with E-state index in [-0.39, 0.29) is 5.56 Å². The first-order valence-electron chi connectivity index (χ1n) is 8.20. The van der Waals surface area contributed by atoms with Crippen molar-refractivity contribution in [1.82, 2.24) is 4.98 Å². The average Bonchev–Trinajstić information content (AvgIpc) is 2.45. The predicted molar refractivity (Wildman–Crippen MR) is 95.9 cm³/mol. The second kappa shape index (κ2) is 6.17. The van der Waals surface area contributed by atoms with Gasteiger partial charge in [-0.15, -0.1) is 0 Å². The molecule has 1 heterocycles.